The summed E-state index contributed by atoms with van der Waals surface area (Å²) in [4.78, 5) is 28.5. The Morgan fingerprint density at radius 3 is 2.47 bits per heavy atom. The van der Waals surface area contributed by atoms with Gasteiger partial charge in [-0.2, -0.15) is 0 Å². The van der Waals surface area contributed by atoms with Crippen molar-refractivity contribution < 1.29 is 14.3 Å². The van der Waals surface area contributed by atoms with Crippen molar-refractivity contribution in [2.75, 3.05) is 40.4 Å². The number of methoxy groups -OCH3 is 1. The lowest BCUT2D eigenvalue weighted by Crippen LogP contribution is -2.46. The van der Waals surface area contributed by atoms with E-state index in [4.69, 9.17) is 4.74 Å². The number of hydrogen-bond donors (Lipinski definition) is 2. The number of rotatable bonds is 6. The fourth-order valence-corrected chi connectivity index (χ4v) is 1.83. The van der Waals surface area contributed by atoms with Crippen molar-refractivity contribution in [1.29, 1.82) is 0 Å². The third-order valence-electron chi connectivity index (χ3n) is 2.83. The molecule has 0 aromatic carbocycles. The molecule has 108 valence electrons. The zero-order chi connectivity index (χ0) is 14.1. The quantitative estimate of drug-likeness (QED) is 0.290. The Hall–Kier alpha value is -1.63. The second kappa shape index (κ2) is 8.47. The van der Waals surface area contributed by atoms with Crippen LogP contribution < -0.4 is 10.6 Å². The number of carbonyl (C=O) groups is 2. The smallest absolute Gasteiger partial charge is 0.229 e. The number of hydrogen-bond acceptors (Lipinski definition) is 4. The molecular weight excluding hydrogens is 248 g/mol. The van der Waals surface area contributed by atoms with E-state index in [-0.39, 0.29) is 11.8 Å². The predicted octanol–water partition coefficient (Wildman–Crippen LogP) is -0.663. The van der Waals surface area contributed by atoms with Gasteiger partial charge >= 0.3 is 0 Å². The molecule has 0 aromatic heterocycles. The Morgan fingerprint density at radius 2 is 1.89 bits per heavy atom. The van der Waals surface area contributed by atoms with E-state index in [1.54, 1.807) is 14.2 Å². The number of ether oxygens (including phenoxy) is 1. The van der Waals surface area contributed by atoms with E-state index in [9.17, 15) is 9.59 Å². The van der Waals surface area contributed by atoms with Crippen molar-refractivity contribution in [3.05, 3.63) is 0 Å². The highest BCUT2D eigenvalue weighted by Gasteiger charge is 2.25. The molecule has 0 atom stereocenters. The molecule has 0 saturated carbocycles. The van der Waals surface area contributed by atoms with Gasteiger partial charge in [0.15, 0.2) is 5.96 Å². The minimum absolute atomic E-state index is 0.0830. The lowest BCUT2D eigenvalue weighted by atomic mass is 10.1. The molecule has 1 saturated heterocycles. The van der Waals surface area contributed by atoms with Crippen LogP contribution in [-0.2, 0) is 14.3 Å². The summed E-state index contributed by atoms with van der Waals surface area (Å²) in [6.07, 6.45) is 1.60. The Kier molecular flexibility index (Phi) is 6.88. The molecule has 1 heterocycles. The largest absolute Gasteiger partial charge is 0.383 e. The van der Waals surface area contributed by atoms with Gasteiger partial charge in [0.25, 0.3) is 0 Å². The van der Waals surface area contributed by atoms with Gasteiger partial charge in [-0.3, -0.25) is 19.5 Å². The molecule has 1 fully saturated rings. The van der Waals surface area contributed by atoms with Gasteiger partial charge in [0, 0.05) is 46.6 Å². The van der Waals surface area contributed by atoms with Crippen LogP contribution in [-0.4, -0.2) is 63.1 Å². The average molecular weight is 270 g/mol. The topological polar surface area (TPSA) is 83.0 Å². The van der Waals surface area contributed by atoms with Crippen molar-refractivity contribution in [1.82, 2.24) is 15.5 Å². The summed E-state index contributed by atoms with van der Waals surface area (Å²) in [6, 6.07) is 0. The summed E-state index contributed by atoms with van der Waals surface area (Å²) >= 11 is 0. The number of nitrogens with one attached hydrogen (secondary N) is 2. The lowest BCUT2D eigenvalue weighted by molar-refractivity contribution is -0.147. The molecule has 19 heavy (non-hydrogen) atoms. The minimum Gasteiger partial charge on any atom is -0.383 e. The predicted molar refractivity (Wildman–Crippen MR) is 71.8 cm³/mol. The molecule has 0 aromatic rings. The first-order chi connectivity index (χ1) is 9.19. The Labute approximate surface area is 113 Å². The monoisotopic (exact) mass is 270 g/mol. The van der Waals surface area contributed by atoms with Crippen molar-refractivity contribution in [2.24, 2.45) is 4.99 Å². The maximum atomic E-state index is 11.6. The van der Waals surface area contributed by atoms with Crippen LogP contribution in [0.4, 0.5) is 0 Å². The van der Waals surface area contributed by atoms with Gasteiger partial charge in [-0.25, -0.2) is 0 Å². The summed E-state index contributed by atoms with van der Waals surface area (Å²) in [7, 11) is 3.30. The maximum absolute atomic E-state index is 11.6. The van der Waals surface area contributed by atoms with Gasteiger partial charge in [-0.1, -0.05) is 0 Å². The van der Waals surface area contributed by atoms with Crippen molar-refractivity contribution in [2.45, 2.75) is 19.3 Å². The standard InChI is InChI=1S/C12H22N4O3/c1-13-12(15-7-9-19-2)14-6-8-16-10(17)4-3-5-11(16)18/h3-9H2,1-2H3,(H2,13,14,15). The summed E-state index contributed by atoms with van der Waals surface area (Å²) in [6.45, 7) is 2.11. The van der Waals surface area contributed by atoms with Gasteiger partial charge in [0.2, 0.25) is 11.8 Å². The van der Waals surface area contributed by atoms with Crippen LogP contribution in [0.15, 0.2) is 4.99 Å². The fraction of sp³-hybridized carbons (Fsp3) is 0.750. The number of aliphatic imine (C=N–C) groups is 1. The number of likely N-dealkylation sites (tertiary alicyclic amines) is 1. The number of nitrogens with zero attached hydrogens (tertiary/aromatic N) is 2. The van der Waals surface area contributed by atoms with Crippen LogP contribution in [0.5, 0.6) is 0 Å². The average Bonchev–Trinajstić information content (AvgIpc) is 2.40. The highest BCUT2D eigenvalue weighted by atomic mass is 16.5. The Balaban J connectivity index is 2.27. The highest BCUT2D eigenvalue weighted by Crippen LogP contribution is 2.11. The number of guanidine groups is 1. The van der Waals surface area contributed by atoms with E-state index < -0.39 is 0 Å². The molecule has 0 unspecified atom stereocenters. The molecule has 0 aliphatic carbocycles. The van der Waals surface area contributed by atoms with E-state index in [0.717, 1.165) is 0 Å². The zero-order valence-electron chi connectivity index (χ0n) is 11.6. The van der Waals surface area contributed by atoms with E-state index in [0.29, 0.717) is 51.5 Å². The molecule has 7 nitrogen and oxygen atoms in total. The van der Waals surface area contributed by atoms with Gasteiger partial charge in [0.1, 0.15) is 0 Å². The normalized spacial score (nSPS) is 16.7. The number of imide groups is 1. The van der Waals surface area contributed by atoms with Gasteiger partial charge in [-0.15, -0.1) is 0 Å². The molecular formula is C12H22N4O3. The number of carbonyl (C=O) groups excluding carboxylic acids is 2. The Morgan fingerprint density at radius 1 is 1.26 bits per heavy atom. The van der Waals surface area contributed by atoms with Crippen LogP contribution in [0.1, 0.15) is 19.3 Å². The van der Waals surface area contributed by atoms with Crippen LogP contribution in [0.2, 0.25) is 0 Å². The summed E-state index contributed by atoms with van der Waals surface area (Å²) < 4.78 is 4.92. The third kappa shape index (κ3) is 5.25. The first-order valence-electron chi connectivity index (χ1n) is 6.45. The molecule has 1 rings (SSSR count). The molecule has 1 aliphatic heterocycles. The molecule has 0 radical (unpaired) electrons. The molecule has 2 N–H and O–H groups in total. The first-order valence-corrected chi connectivity index (χ1v) is 6.45. The van der Waals surface area contributed by atoms with E-state index >= 15 is 0 Å². The van der Waals surface area contributed by atoms with Crippen molar-refractivity contribution >= 4 is 17.8 Å². The molecule has 2 amide bonds. The highest BCUT2D eigenvalue weighted by molar-refractivity contribution is 5.97. The van der Waals surface area contributed by atoms with E-state index in [2.05, 4.69) is 15.6 Å². The number of amides is 2. The molecule has 0 bridgehead atoms. The van der Waals surface area contributed by atoms with Gasteiger partial charge in [-0.05, 0) is 6.42 Å². The SMILES string of the molecule is CN=C(NCCOC)NCCN1C(=O)CCCC1=O. The van der Waals surface area contributed by atoms with Gasteiger partial charge in [0.05, 0.1) is 6.61 Å². The third-order valence-corrected chi connectivity index (χ3v) is 2.83. The molecule has 7 heteroatoms. The first kappa shape index (κ1) is 15.4. The van der Waals surface area contributed by atoms with Crippen molar-refractivity contribution in [3.63, 3.8) is 0 Å². The zero-order valence-corrected chi connectivity index (χ0v) is 11.6. The Bertz CT molecular complexity index is 328. The van der Waals surface area contributed by atoms with Crippen molar-refractivity contribution in [3.8, 4) is 0 Å². The second-order valence-electron chi connectivity index (χ2n) is 4.21. The summed E-state index contributed by atoms with van der Waals surface area (Å²) in [5.74, 6) is 0.467. The van der Waals surface area contributed by atoms with E-state index in [1.807, 2.05) is 0 Å². The lowest BCUT2D eigenvalue weighted by Gasteiger charge is -2.25. The van der Waals surface area contributed by atoms with Crippen LogP contribution in [0.3, 0.4) is 0 Å². The molecule has 1 aliphatic rings. The summed E-state index contributed by atoms with van der Waals surface area (Å²) in [5.41, 5.74) is 0. The number of piperidine rings is 1. The van der Waals surface area contributed by atoms with Gasteiger partial charge < -0.3 is 15.4 Å². The maximum Gasteiger partial charge on any atom is 0.229 e. The minimum atomic E-state index is -0.0830. The van der Waals surface area contributed by atoms with Crippen LogP contribution in [0, 0.1) is 0 Å². The fourth-order valence-electron chi connectivity index (χ4n) is 1.83. The van der Waals surface area contributed by atoms with Crippen LogP contribution >= 0.6 is 0 Å². The van der Waals surface area contributed by atoms with Crippen LogP contribution in [0.25, 0.3) is 0 Å². The van der Waals surface area contributed by atoms with E-state index in [1.165, 1.54) is 4.90 Å². The summed E-state index contributed by atoms with van der Waals surface area (Å²) in [5, 5.41) is 6.11. The molecule has 0 spiro atoms. The second-order valence-corrected chi connectivity index (χ2v) is 4.21.